The van der Waals surface area contributed by atoms with E-state index in [0.29, 0.717) is 40.7 Å². The highest BCUT2D eigenvalue weighted by Gasteiger charge is 2.31. The Hall–Kier alpha value is -4.27. The number of halogens is 3. The summed E-state index contributed by atoms with van der Waals surface area (Å²) in [6.07, 6.45) is -0.0590. The van der Waals surface area contributed by atoms with E-state index in [9.17, 15) is 13.2 Å². The highest BCUT2D eigenvalue weighted by Crippen LogP contribution is 2.36. The average molecular weight is 503 g/mol. The molecule has 0 aliphatic rings. The number of hydrogen-bond donors (Lipinski definition) is 1. The van der Waals surface area contributed by atoms with Crippen molar-refractivity contribution in [2.75, 3.05) is 5.32 Å². The van der Waals surface area contributed by atoms with Crippen molar-refractivity contribution < 1.29 is 13.2 Å². The van der Waals surface area contributed by atoms with Gasteiger partial charge in [-0.15, -0.1) is 0 Å². The fourth-order valence-corrected chi connectivity index (χ4v) is 4.20. The van der Waals surface area contributed by atoms with Gasteiger partial charge in [0.05, 0.1) is 23.0 Å². The van der Waals surface area contributed by atoms with Crippen molar-refractivity contribution in [3.05, 3.63) is 90.3 Å². The van der Waals surface area contributed by atoms with Crippen molar-refractivity contribution in [2.45, 2.75) is 39.0 Å². The van der Waals surface area contributed by atoms with Gasteiger partial charge in [0.25, 0.3) is 0 Å². The second-order valence-electron chi connectivity index (χ2n) is 8.81. The Kier molecular flexibility index (Phi) is 6.60. The molecule has 1 atom stereocenters. The zero-order valence-electron chi connectivity index (χ0n) is 20.4. The monoisotopic (exact) mass is 502 g/mol. The molecular weight excluding hydrogens is 477 g/mol. The fourth-order valence-electron chi connectivity index (χ4n) is 4.20. The maximum Gasteiger partial charge on any atom is 0.416 e. The number of fused-ring (bicyclic) bond motifs is 1. The van der Waals surface area contributed by atoms with Crippen molar-refractivity contribution in [3.8, 4) is 22.5 Å². The Morgan fingerprint density at radius 3 is 2.54 bits per heavy atom. The predicted octanol–water partition coefficient (Wildman–Crippen LogP) is 7.16. The summed E-state index contributed by atoms with van der Waals surface area (Å²) in [5.74, 6) is 0.408. The first-order valence-electron chi connectivity index (χ1n) is 12.0. The van der Waals surface area contributed by atoms with E-state index in [0.717, 1.165) is 29.5 Å². The Morgan fingerprint density at radius 1 is 0.973 bits per heavy atom. The van der Waals surface area contributed by atoms with E-state index in [-0.39, 0.29) is 6.04 Å². The molecule has 3 heterocycles. The van der Waals surface area contributed by atoms with Gasteiger partial charge in [-0.3, -0.25) is 4.68 Å². The van der Waals surface area contributed by atoms with Crippen LogP contribution in [-0.4, -0.2) is 24.7 Å². The molecule has 0 bridgehead atoms. The third-order valence-electron chi connectivity index (χ3n) is 6.03. The molecule has 2 aromatic carbocycles. The lowest BCUT2D eigenvalue weighted by Crippen LogP contribution is -2.09. The fraction of sp³-hybridized carbons (Fsp3) is 0.214. The van der Waals surface area contributed by atoms with Gasteiger partial charge in [-0.2, -0.15) is 18.3 Å². The standard InChI is InChI=1S/C28H25F3N6/c1-3-14-37-17-21-16-23(24-12-13-32-27(34-24)33-18(2)19-8-5-4-6-9-19)25(35-26(21)36-37)20-10-7-11-22(15-20)28(29,30)31/h4-13,15-18H,3,14H2,1-2H3,(H,32,33,34). The molecular formula is C28H25F3N6. The minimum Gasteiger partial charge on any atom is -0.348 e. The molecule has 0 amide bonds. The van der Waals surface area contributed by atoms with Gasteiger partial charge in [0, 0.05) is 35.5 Å². The van der Waals surface area contributed by atoms with Gasteiger partial charge < -0.3 is 5.32 Å². The molecule has 0 saturated heterocycles. The van der Waals surface area contributed by atoms with Gasteiger partial charge >= 0.3 is 6.18 Å². The van der Waals surface area contributed by atoms with Gasteiger partial charge in [0.2, 0.25) is 5.95 Å². The van der Waals surface area contributed by atoms with Crippen molar-refractivity contribution in [1.29, 1.82) is 0 Å². The summed E-state index contributed by atoms with van der Waals surface area (Å²) < 4.78 is 42.3. The van der Waals surface area contributed by atoms with Crippen molar-refractivity contribution in [2.24, 2.45) is 0 Å². The molecule has 0 radical (unpaired) electrons. The second-order valence-corrected chi connectivity index (χ2v) is 8.81. The van der Waals surface area contributed by atoms with Crippen LogP contribution in [0, 0.1) is 0 Å². The smallest absolute Gasteiger partial charge is 0.348 e. The summed E-state index contributed by atoms with van der Waals surface area (Å²) in [5.41, 5.74) is 2.66. The molecule has 0 aliphatic heterocycles. The van der Waals surface area contributed by atoms with Crippen LogP contribution in [0.15, 0.2) is 79.1 Å². The number of nitrogens with one attached hydrogen (secondary N) is 1. The summed E-state index contributed by atoms with van der Waals surface area (Å²) >= 11 is 0. The number of hydrogen-bond acceptors (Lipinski definition) is 5. The highest BCUT2D eigenvalue weighted by molar-refractivity contribution is 5.89. The summed E-state index contributed by atoms with van der Waals surface area (Å²) in [6.45, 7) is 4.77. The number of alkyl halides is 3. The van der Waals surface area contributed by atoms with Gasteiger partial charge in [-0.25, -0.2) is 15.0 Å². The molecule has 1 N–H and O–H groups in total. The molecule has 9 heteroatoms. The third kappa shape index (κ3) is 5.30. The van der Waals surface area contributed by atoms with Crippen LogP contribution in [0.1, 0.15) is 37.4 Å². The number of aromatic nitrogens is 5. The molecule has 0 saturated carbocycles. The van der Waals surface area contributed by atoms with E-state index in [1.807, 2.05) is 56.4 Å². The molecule has 5 aromatic rings. The topological polar surface area (TPSA) is 68.5 Å². The SMILES string of the molecule is CCCn1cc2cc(-c3ccnc(NC(C)c4ccccc4)n3)c(-c3cccc(C(F)(F)F)c3)nc2n1. The second kappa shape index (κ2) is 10.0. The summed E-state index contributed by atoms with van der Waals surface area (Å²) in [4.78, 5) is 13.8. The van der Waals surface area contributed by atoms with Gasteiger partial charge in [0.1, 0.15) is 0 Å². The number of aryl methyl sites for hydroxylation is 1. The first-order valence-corrected chi connectivity index (χ1v) is 12.0. The van der Waals surface area contributed by atoms with E-state index in [1.165, 1.54) is 6.07 Å². The van der Waals surface area contributed by atoms with Crippen LogP contribution in [0.25, 0.3) is 33.5 Å². The number of nitrogens with zero attached hydrogens (tertiary/aromatic N) is 5. The van der Waals surface area contributed by atoms with Crippen LogP contribution < -0.4 is 5.32 Å². The first kappa shape index (κ1) is 24.4. The van der Waals surface area contributed by atoms with E-state index in [1.54, 1.807) is 23.0 Å². The highest BCUT2D eigenvalue weighted by atomic mass is 19.4. The zero-order chi connectivity index (χ0) is 26.0. The lowest BCUT2D eigenvalue weighted by atomic mass is 10.0. The largest absolute Gasteiger partial charge is 0.416 e. The normalized spacial score (nSPS) is 12.6. The molecule has 1 unspecified atom stereocenters. The number of anilines is 1. The quantitative estimate of drug-likeness (QED) is 0.256. The lowest BCUT2D eigenvalue weighted by molar-refractivity contribution is -0.137. The van der Waals surface area contributed by atoms with Gasteiger partial charge in [-0.1, -0.05) is 49.4 Å². The number of rotatable bonds is 7. The number of benzene rings is 2. The van der Waals surface area contributed by atoms with Gasteiger partial charge in [0.15, 0.2) is 5.65 Å². The molecule has 5 rings (SSSR count). The van der Waals surface area contributed by atoms with Crippen molar-refractivity contribution in [3.63, 3.8) is 0 Å². The summed E-state index contributed by atoms with van der Waals surface area (Å²) in [5, 5.41) is 8.61. The van der Waals surface area contributed by atoms with Crippen molar-refractivity contribution >= 4 is 17.0 Å². The van der Waals surface area contributed by atoms with E-state index in [4.69, 9.17) is 9.97 Å². The van der Waals surface area contributed by atoms with Crippen LogP contribution >= 0.6 is 0 Å². The zero-order valence-corrected chi connectivity index (χ0v) is 20.4. The Morgan fingerprint density at radius 2 is 1.78 bits per heavy atom. The minimum atomic E-state index is -4.47. The van der Waals surface area contributed by atoms with Crippen LogP contribution in [0.3, 0.4) is 0 Å². The maximum absolute atomic E-state index is 13.5. The number of pyridine rings is 1. The van der Waals surface area contributed by atoms with Crippen LogP contribution in [0.2, 0.25) is 0 Å². The van der Waals surface area contributed by atoms with Crippen LogP contribution in [-0.2, 0) is 12.7 Å². The van der Waals surface area contributed by atoms with E-state index in [2.05, 4.69) is 15.4 Å². The average Bonchev–Trinajstić information content (AvgIpc) is 3.30. The molecule has 0 spiro atoms. The molecule has 37 heavy (non-hydrogen) atoms. The minimum absolute atomic E-state index is 0.0488. The van der Waals surface area contributed by atoms with Gasteiger partial charge in [-0.05, 0) is 43.2 Å². The molecule has 0 aliphatic carbocycles. The molecule has 6 nitrogen and oxygen atoms in total. The summed E-state index contributed by atoms with van der Waals surface area (Å²) in [7, 11) is 0. The Balaban J connectivity index is 1.61. The first-order chi connectivity index (χ1) is 17.8. The molecule has 188 valence electrons. The van der Waals surface area contributed by atoms with E-state index >= 15 is 0 Å². The third-order valence-corrected chi connectivity index (χ3v) is 6.03. The lowest BCUT2D eigenvalue weighted by Gasteiger charge is -2.15. The Labute approximate surface area is 212 Å². The molecule has 3 aromatic heterocycles. The Bertz CT molecular complexity index is 1530. The van der Waals surface area contributed by atoms with Crippen molar-refractivity contribution in [1.82, 2.24) is 24.7 Å². The van der Waals surface area contributed by atoms with Crippen LogP contribution in [0.4, 0.5) is 19.1 Å². The predicted molar refractivity (Wildman–Crippen MR) is 138 cm³/mol. The maximum atomic E-state index is 13.5. The van der Waals surface area contributed by atoms with Crippen LogP contribution in [0.5, 0.6) is 0 Å². The van der Waals surface area contributed by atoms with E-state index < -0.39 is 11.7 Å². The summed E-state index contributed by atoms with van der Waals surface area (Å²) in [6, 6.07) is 18.6. The molecule has 0 fully saturated rings.